The van der Waals surface area contributed by atoms with E-state index in [1.807, 2.05) is 12.3 Å². The molecule has 6 heteroatoms. The smallest absolute Gasteiger partial charge is 0.137 e. The van der Waals surface area contributed by atoms with Gasteiger partial charge in [-0.1, -0.05) is 6.08 Å². The van der Waals surface area contributed by atoms with Gasteiger partial charge in [0.15, 0.2) is 0 Å². The number of rotatable bonds is 3. The topological polar surface area (TPSA) is 31.9 Å². The molecule has 1 aliphatic heterocycles. The average molecular weight is 453 g/mol. The van der Waals surface area contributed by atoms with Crippen LogP contribution in [0.2, 0.25) is 0 Å². The van der Waals surface area contributed by atoms with Gasteiger partial charge in [0, 0.05) is 47.5 Å². The molecule has 1 aliphatic rings. The van der Waals surface area contributed by atoms with Crippen LogP contribution in [0.25, 0.3) is 16.6 Å². The van der Waals surface area contributed by atoms with E-state index in [1.54, 1.807) is 11.3 Å². The van der Waals surface area contributed by atoms with Crippen molar-refractivity contribution in [2.45, 2.75) is 13.0 Å². The van der Waals surface area contributed by atoms with E-state index in [9.17, 15) is 0 Å². The molecular weight excluding hydrogens is 438 g/mol. The number of aromatic amines is 1. The lowest BCUT2D eigenvalue weighted by atomic mass is 9.99. The Morgan fingerprint density at radius 2 is 2.26 bits per heavy atom. The van der Waals surface area contributed by atoms with Crippen molar-refractivity contribution >= 4 is 59.8 Å². The minimum Gasteiger partial charge on any atom is -0.346 e. The Balaban J connectivity index is 1.52. The van der Waals surface area contributed by atoms with E-state index in [2.05, 4.69) is 70.4 Å². The van der Waals surface area contributed by atoms with Crippen LogP contribution in [-0.4, -0.2) is 28.0 Å². The molecule has 0 unspecified atom stereocenters. The monoisotopic (exact) mass is 451 g/mol. The van der Waals surface area contributed by atoms with Crippen molar-refractivity contribution in [1.29, 1.82) is 0 Å². The van der Waals surface area contributed by atoms with Crippen molar-refractivity contribution in [2.75, 3.05) is 13.1 Å². The minimum absolute atomic E-state index is 0.970. The maximum Gasteiger partial charge on any atom is 0.137 e. The van der Waals surface area contributed by atoms with E-state index < -0.39 is 0 Å². The first-order chi connectivity index (χ1) is 11.2. The zero-order valence-electron chi connectivity index (χ0n) is 12.4. The third-order valence-corrected chi connectivity index (χ3v) is 7.71. The summed E-state index contributed by atoms with van der Waals surface area (Å²) in [6.45, 7) is 3.06. The standard InChI is InChI=1S/C17H15Br2N3S/c18-15-12(10-23-16(15)19)9-22-6-3-11(4-7-22)14-8-21-17-13(14)2-1-5-20-17/h1-3,5,8,10H,4,6-7,9H2,(H,20,21). The first-order valence-electron chi connectivity index (χ1n) is 7.47. The molecule has 0 fully saturated rings. The second-order valence-corrected chi connectivity index (χ2v) is 8.66. The third-order valence-electron chi connectivity index (χ3n) is 4.24. The van der Waals surface area contributed by atoms with E-state index in [1.165, 1.54) is 30.3 Å². The van der Waals surface area contributed by atoms with Crippen LogP contribution in [0.3, 0.4) is 0 Å². The van der Waals surface area contributed by atoms with Crippen molar-refractivity contribution < 1.29 is 0 Å². The number of pyridine rings is 1. The summed E-state index contributed by atoms with van der Waals surface area (Å²) in [6.07, 6.45) is 7.35. The summed E-state index contributed by atoms with van der Waals surface area (Å²) < 4.78 is 2.37. The molecule has 0 saturated carbocycles. The van der Waals surface area contributed by atoms with Crippen LogP contribution in [0.1, 0.15) is 17.5 Å². The SMILES string of the molecule is Brc1scc(CN2CC=C(c3c[nH]c4ncccc34)CC2)c1Br. The fourth-order valence-electron chi connectivity index (χ4n) is 3.02. The van der Waals surface area contributed by atoms with Crippen LogP contribution < -0.4 is 0 Å². The van der Waals surface area contributed by atoms with Crippen LogP contribution in [0.4, 0.5) is 0 Å². The summed E-state index contributed by atoms with van der Waals surface area (Å²) >= 11 is 8.97. The van der Waals surface area contributed by atoms with Crippen molar-refractivity contribution in [1.82, 2.24) is 14.9 Å². The molecule has 4 heterocycles. The molecule has 0 saturated heterocycles. The van der Waals surface area contributed by atoms with E-state index in [-0.39, 0.29) is 0 Å². The quantitative estimate of drug-likeness (QED) is 0.573. The highest BCUT2D eigenvalue weighted by molar-refractivity contribution is 9.13. The highest BCUT2D eigenvalue weighted by Crippen LogP contribution is 2.35. The summed E-state index contributed by atoms with van der Waals surface area (Å²) in [5.74, 6) is 0. The maximum absolute atomic E-state index is 4.38. The Labute approximate surface area is 155 Å². The highest BCUT2D eigenvalue weighted by Gasteiger charge is 2.17. The second-order valence-electron chi connectivity index (χ2n) is 5.67. The van der Waals surface area contributed by atoms with E-state index in [4.69, 9.17) is 0 Å². The highest BCUT2D eigenvalue weighted by atomic mass is 79.9. The van der Waals surface area contributed by atoms with Gasteiger partial charge in [-0.05, 0) is 66.9 Å². The molecule has 0 atom stereocenters. The Bertz CT molecular complexity index is 881. The fourth-order valence-corrected chi connectivity index (χ4v) is 4.90. The molecular formula is C17H15Br2N3S. The van der Waals surface area contributed by atoms with Gasteiger partial charge >= 0.3 is 0 Å². The number of hydrogen-bond acceptors (Lipinski definition) is 3. The Hall–Kier alpha value is -0.950. The molecule has 0 aliphatic carbocycles. The molecule has 0 bridgehead atoms. The lowest BCUT2D eigenvalue weighted by Gasteiger charge is -2.26. The van der Waals surface area contributed by atoms with Gasteiger partial charge in [0.05, 0.1) is 3.79 Å². The molecule has 4 rings (SSSR count). The van der Waals surface area contributed by atoms with Gasteiger partial charge in [0.1, 0.15) is 5.65 Å². The number of nitrogens with one attached hydrogen (secondary N) is 1. The Morgan fingerprint density at radius 3 is 3.00 bits per heavy atom. The summed E-state index contributed by atoms with van der Waals surface area (Å²) in [6, 6.07) is 4.14. The predicted molar refractivity (Wildman–Crippen MR) is 104 cm³/mol. The molecule has 0 spiro atoms. The number of nitrogens with zero attached hydrogens (tertiary/aromatic N) is 2. The van der Waals surface area contributed by atoms with Crippen molar-refractivity contribution in [2.24, 2.45) is 0 Å². The number of thiophene rings is 1. The summed E-state index contributed by atoms with van der Waals surface area (Å²) in [5, 5.41) is 3.44. The molecule has 23 heavy (non-hydrogen) atoms. The van der Waals surface area contributed by atoms with E-state index >= 15 is 0 Å². The van der Waals surface area contributed by atoms with Gasteiger partial charge in [-0.25, -0.2) is 4.98 Å². The fraction of sp³-hybridized carbons (Fsp3) is 0.235. The third kappa shape index (κ3) is 3.05. The zero-order valence-corrected chi connectivity index (χ0v) is 16.3. The molecule has 0 radical (unpaired) electrons. The molecule has 3 nitrogen and oxygen atoms in total. The molecule has 1 N–H and O–H groups in total. The van der Waals surface area contributed by atoms with Gasteiger partial charge < -0.3 is 4.98 Å². The summed E-state index contributed by atoms with van der Waals surface area (Å²) in [5.41, 5.74) is 5.05. The normalized spacial score (nSPS) is 16.0. The van der Waals surface area contributed by atoms with Gasteiger partial charge in [-0.3, -0.25) is 4.90 Å². The van der Waals surface area contributed by atoms with Gasteiger partial charge in [0.25, 0.3) is 0 Å². The van der Waals surface area contributed by atoms with E-state index in [0.29, 0.717) is 0 Å². The van der Waals surface area contributed by atoms with Crippen LogP contribution in [-0.2, 0) is 6.54 Å². The molecule has 118 valence electrons. The first-order valence-corrected chi connectivity index (χ1v) is 9.94. The van der Waals surface area contributed by atoms with Crippen molar-refractivity contribution in [3.05, 3.63) is 55.4 Å². The largest absolute Gasteiger partial charge is 0.346 e. The second kappa shape index (κ2) is 6.51. The molecule has 3 aromatic heterocycles. The van der Waals surface area contributed by atoms with Crippen LogP contribution in [0, 0.1) is 0 Å². The summed E-state index contributed by atoms with van der Waals surface area (Å²) in [4.78, 5) is 10.1. The van der Waals surface area contributed by atoms with Crippen molar-refractivity contribution in [3.63, 3.8) is 0 Å². The molecule has 0 amide bonds. The number of hydrogen-bond donors (Lipinski definition) is 1. The average Bonchev–Trinajstić information content (AvgIpc) is 3.14. The lowest BCUT2D eigenvalue weighted by molar-refractivity contribution is 0.294. The molecule has 0 aromatic carbocycles. The number of aromatic nitrogens is 2. The van der Waals surface area contributed by atoms with Crippen LogP contribution in [0.15, 0.2) is 44.2 Å². The van der Waals surface area contributed by atoms with E-state index in [0.717, 1.165) is 31.7 Å². The van der Waals surface area contributed by atoms with Crippen LogP contribution in [0.5, 0.6) is 0 Å². The van der Waals surface area contributed by atoms with Gasteiger partial charge in [0.2, 0.25) is 0 Å². The predicted octanol–water partition coefficient (Wildman–Crippen LogP) is 5.44. The maximum atomic E-state index is 4.38. The number of H-pyrrole nitrogens is 1. The van der Waals surface area contributed by atoms with Crippen molar-refractivity contribution in [3.8, 4) is 0 Å². The Morgan fingerprint density at radius 1 is 1.35 bits per heavy atom. The lowest BCUT2D eigenvalue weighted by Crippen LogP contribution is -2.27. The number of halogens is 2. The van der Waals surface area contributed by atoms with Gasteiger partial charge in [-0.2, -0.15) is 0 Å². The Kier molecular flexibility index (Phi) is 4.41. The number of fused-ring (bicyclic) bond motifs is 1. The van der Waals surface area contributed by atoms with Crippen LogP contribution >= 0.6 is 43.2 Å². The summed E-state index contributed by atoms with van der Waals surface area (Å²) in [7, 11) is 0. The minimum atomic E-state index is 0.970. The van der Waals surface area contributed by atoms with Gasteiger partial charge in [-0.15, -0.1) is 11.3 Å². The molecule has 3 aromatic rings. The zero-order chi connectivity index (χ0) is 15.8. The first kappa shape index (κ1) is 15.6.